The molecule has 0 spiro atoms. The molecule has 6 aromatic rings. The second-order valence-electron chi connectivity index (χ2n) is 10.4. The van der Waals surface area contributed by atoms with Crippen molar-refractivity contribution >= 4 is 46.9 Å². The van der Waals surface area contributed by atoms with Gasteiger partial charge in [-0.05, 0) is 60.5 Å². The van der Waals surface area contributed by atoms with Gasteiger partial charge in [0.1, 0.15) is 24.3 Å². The van der Waals surface area contributed by atoms with Crippen molar-refractivity contribution in [2.24, 2.45) is 0 Å². The highest BCUT2D eigenvalue weighted by molar-refractivity contribution is 7.99. The summed E-state index contributed by atoms with van der Waals surface area (Å²) in [7, 11) is 0. The average Bonchev–Trinajstić information content (AvgIpc) is 3.86. The van der Waals surface area contributed by atoms with Crippen LogP contribution < -0.4 is 10.6 Å². The smallest absolute Gasteiger partial charge is 0.337 e. The first kappa shape index (κ1) is 34.0. The molecule has 2 aromatic carbocycles. The Morgan fingerprint density at radius 3 is 1.65 bits per heavy atom. The molecule has 6 rings (SSSR count). The molecule has 0 bridgehead atoms. The number of aryl methyl sites for hydroxylation is 1. The third-order valence-corrected chi connectivity index (χ3v) is 8.18. The Hall–Kier alpha value is -6.89. The van der Waals surface area contributed by atoms with E-state index in [9.17, 15) is 29.4 Å². The van der Waals surface area contributed by atoms with Crippen molar-refractivity contribution < 1.29 is 38.2 Å². The third-order valence-electron chi connectivity index (χ3n) is 7.15. The number of hydrogen-bond donors (Lipinski definition) is 4. The molecule has 51 heavy (non-hydrogen) atoms. The lowest BCUT2D eigenvalue weighted by Crippen LogP contribution is -2.18. The van der Waals surface area contributed by atoms with Gasteiger partial charge in [-0.15, -0.1) is 32.2 Å². The molecule has 4 N–H and O–H groups in total. The van der Waals surface area contributed by atoms with Crippen LogP contribution in [0, 0.1) is 11.6 Å². The third kappa shape index (κ3) is 7.73. The Labute approximate surface area is 289 Å². The van der Waals surface area contributed by atoms with Crippen LogP contribution in [0.2, 0.25) is 0 Å². The number of anilines is 2. The van der Waals surface area contributed by atoms with E-state index in [4.69, 9.17) is 0 Å². The van der Waals surface area contributed by atoms with Gasteiger partial charge in [0.05, 0.1) is 22.5 Å². The molecular formula is C32H22F2N10O6S. The Balaban J connectivity index is 1.16. The number of hydrogen-bond acceptors (Lipinski definition) is 11. The van der Waals surface area contributed by atoms with Crippen molar-refractivity contribution in [1.82, 2.24) is 39.5 Å². The van der Waals surface area contributed by atoms with Crippen LogP contribution in [0.25, 0.3) is 11.6 Å². The van der Waals surface area contributed by atoms with Crippen molar-refractivity contribution in [3.8, 4) is 11.6 Å². The molecule has 16 nitrogen and oxygen atoms in total. The number of amides is 2. The van der Waals surface area contributed by atoms with E-state index in [-0.39, 0.29) is 45.4 Å². The molecule has 0 radical (unpaired) electrons. The van der Waals surface area contributed by atoms with Crippen LogP contribution in [-0.2, 0) is 6.42 Å². The van der Waals surface area contributed by atoms with Crippen LogP contribution in [0.15, 0.2) is 90.9 Å². The molecule has 0 aliphatic rings. The maximum Gasteiger partial charge on any atom is 0.337 e. The lowest BCUT2D eigenvalue weighted by atomic mass is 10.1. The average molecular weight is 713 g/mol. The molecule has 4 aromatic heterocycles. The molecule has 0 fully saturated rings. The molecule has 0 unspecified atom stereocenters. The Kier molecular flexibility index (Phi) is 9.80. The second kappa shape index (κ2) is 14.7. The predicted molar refractivity (Wildman–Crippen MR) is 175 cm³/mol. The zero-order valence-electron chi connectivity index (χ0n) is 25.8. The first-order chi connectivity index (χ1) is 24.6. The number of nitrogens with zero attached hydrogens (tertiary/aromatic N) is 8. The monoisotopic (exact) mass is 712 g/mol. The summed E-state index contributed by atoms with van der Waals surface area (Å²) in [6.45, 7) is 0. The summed E-state index contributed by atoms with van der Waals surface area (Å²) in [4.78, 5) is 57.3. The van der Waals surface area contributed by atoms with E-state index in [1.807, 2.05) is 0 Å². The number of nitrogens with one attached hydrogen (secondary N) is 2. The molecule has 256 valence electrons. The number of carbonyl (C=O) groups excluding carboxylic acids is 2. The maximum atomic E-state index is 15.0. The van der Waals surface area contributed by atoms with Gasteiger partial charge in [-0.25, -0.2) is 28.3 Å². The molecule has 0 saturated carbocycles. The largest absolute Gasteiger partial charge is 0.478 e. The Bertz CT molecular complexity index is 2090. The van der Waals surface area contributed by atoms with Crippen LogP contribution in [0.4, 0.5) is 20.2 Å². The molecular weight excluding hydrogens is 690 g/mol. The van der Waals surface area contributed by atoms with Gasteiger partial charge < -0.3 is 20.8 Å². The summed E-state index contributed by atoms with van der Waals surface area (Å²) in [6, 6.07) is 9.52. The van der Waals surface area contributed by atoms with E-state index >= 15 is 8.78 Å². The summed E-state index contributed by atoms with van der Waals surface area (Å²) < 4.78 is 33.2. The Morgan fingerprint density at radius 2 is 1.20 bits per heavy atom. The summed E-state index contributed by atoms with van der Waals surface area (Å²) >= 11 is 0.885. The predicted octanol–water partition coefficient (Wildman–Crippen LogP) is 4.15. The first-order valence-corrected chi connectivity index (χ1v) is 15.6. The SMILES string of the molecule is O=C(Nc1cc(CCSc2cc(NC(=O)c3ccc(-n4ccnc4)nn3)c(C(=O)O)cc2F)c(F)cc1C(=O)O)c1ccc(-n2ccnc2)nn1. The molecule has 0 atom stereocenters. The van der Waals surface area contributed by atoms with Crippen molar-refractivity contribution in [3.05, 3.63) is 126 Å². The fourth-order valence-corrected chi connectivity index (χ4v) is 5.58. The van der Waals surface area contributed by atoms with Gasteiger partial charge in [0, 0.05) is 35.4 Å². The van der Waals surface area contributed by atoms with Gasteiger partial charge in [-0.1, -0.05) is 0 Å². The number of imidazole rings is 2. The minimum atomic E-state index is -1.50. The number of carbonyl (C=O) groups is 4. The number of benzene rings is 2. The summed E-state index contributed by atoms with van der Waals surface area (Å²) in [5.41, 5.74) is -1.76. The van der Waals surface area contributed by atoms with Crippen LogP contribution in [0.5, 0.6) is 0 Å². The van der Waals surface area contributed by atoms with Crippen molar-refractivity contribution in [2.75, 3.05) is 16.4 Å². The summed E-state index contributed by atoms with van der Waals surface area (Å²) in [5, 5.41) is 39.8. The molecule has 4 heterocycles. The van der Waals surface area contributed by atoms with E-state index < -0.39 is 46.5 Å². The number of carboxylic acid groups (broad SMARTS) is 2. The van der Waals surface area contributed by atoms with Gasteiger partial charge in [0.25, 0.3) is 11.8 Å². The number of rotatable bonds is 12. The highest BCUT2D eigenvalue weighted by Crippen LogP contribution is 2.31. The molecule has 0 aliphatic carbocycles. The molecule has 2 amide bonds. The second-order valence-corrected chi connectivity index (χ2v) is 11.6. The van der Waals surface area contributed by atoms with E-state index in [0.29, 0.717) is 11.6 Å². The van der Waals surface area contributed by atoms with Gasteiger partial charge in [0.15, 0.2) is 23.0 Å². The van der Waals surface area contributed by atoms with Gasteiger partial charge in [0.2, 0.25) is 0 Å². The minimum Gasteiger partial charge on any atom is -0.478 e. The van der Waals surface area contributed by atoms with Crippen LogP contribution in [0.3, 0.4) is 0 Å². The highest BCUT2D eigenvalue weighted by Gasteiger charge is 2.21. The van der Waals surface area contributed by atoms with E-state index in [0.717, 1.165) is 36.0 Å². The van der Waals surface area contributed by atoms with Crippen LogP contribution >= 0.6 is 11.8 Å². The number of thioether (sulfide) groups is 1. The summed E-state index contributed by atoms with van der Waals surface area (Å²) in [6.07, 6.45) is 9.21. The number of carboxylic acids is 2. The van der Waals surface area contributed by atoms with E-state index in [1.54, 1.807) is 21.5 Å². The van der Waals surface area contributed by atoms with Crippen LogP contribution in [-0.4, -0.2) is 79.2 Å². The Morgan fingerprint density at radius 1 is 0.686 bits per heavy atom. The fraction of sp³-hybridized carbons (Fsp3) is 0.0625. The zero-order valence-corrected chi connectivity index (χ0v) is 26.6. The lowest BCUT2D eigenvalue weighted by Gasteiger charge is -2.13. The number of aromatic carboxylic acids is 2. The topological polar surface area (TPSA) is 220 Å². The van der Waals surface area contributed by atoms with Gasteiger partial charge >= 0.3 is 11.9 Å². The maximum absolute atomic E-state index is 15.0. The lowest BCUT2D eigenvalue weighted by molar-refractivity contribution is 0.0686. The van der Waals surface area contributed by atoms with Crippen molar-refractivity contribution in [3.63, 3.8) is 0 Å². The zero-order chi connectivity index (χ0) is 36.1. The molecule has 0 saturated heterocycles. The number of aromatic nitrogens is 8. The fourth-order valence-electron chi connectivity index (χ4n) is 4.64. The summed E-state index contributed by atoms with van der Waals surface area (Å²) in [5.74, 6) is -5.61. The van der Waals surface area contributed by atoms with Crippen LogP contribution in [0.1, 0.15) is 47.3 Å². The quantitative estimate of drug-likeness (QED) is 0.131. The molecule has 19 heteroatoms. The first-order valence-electron chi connectivity index (χ1n) is 14.6. The van der Waals surface area contributed by atoms with Gasteiger partial charge in [-0.2, -0.15) is 0 Å². The number of halogens is 2. The van der Waals surface area contributed by atoms with Crippen molar-refractivity contribution in [2.45, 2.75) is 11.3 Å². The van der Waals surface area contributed by atoms with E-state index in [2.05, 4.69) is 41.0 Å². The standard InChI is InChI=1S/C32H22F2N10O6S/c33-20-12-18(31(47)48)24(37-29(45)22-1-3-27(41-39-22)43-8-6-35-15-43)11-17(20)5-10-51-26-14-25(19(32(49)50)13-21(26)34)38-30(46)23-2-4-28(42-40-23)44-9-7-36-16-44/h1-4,6-9,11-16H,5,10H2,(H,37,45)(H,38,46)(H,47,48)(H,49,50). The molecule has 0 aliphatic heterocycles. The highest BCUT2D eigenvalue weighted by atomic mass is 32.2. The van der Waals surface area contributed by atoms with Gasteiger partial charge in [-0.3, -0.25) is 18.7 Å². The minimum absolute atomic E-state index is 0.00172. The normalized spacial score (nSPS) is 10.9. The van der Waals surface area contributed by atoms with Crippen molar-refractivity contribution in [1.29, 1.82) is 0 Å². The van der Waals surface area contributed by atoms with E-state index in [1.165, 1.54) is 49.3 Å².